The van der Waals surface area contributed by atoms with Crippen LogP contribution in [0.4, 0.5) is 17.1 Å². The first-order valence-electron chi connectivity index (χ1n) is 11.5. The highest BCUT2D eigenvalue weighted by Crippen LogP contribution is 2.51. The Kier molecular flexibility index (Phi) is 6.45. The van der Waals surface area contributed by atoms with E-state index in [0.29, 0.717) is 27.9 Å². The van der Waals surface area contributed by atoms with E-state index in [1.54, 1.807) is 12.1 Å². The molecule has 4 aromatic carbocycles. The largest absolute Gasteiger partial charge is 0.396 e. The number of rotatable bonds is 6. The van der Waals surface area contributed by atoms with Crippen molar-refractivity contribution >= 4 is 34.4 Å². The fourth-order valence-corrected chi connectivity index (χ4v) is 4.72. The highest BCUT2D eigenvalue weighted by Gasteiger charge is 2.29. The molecule has 0 atom stereocenters. The van der Waals surface area contributed by atoms with Gasteiger partial charge in [-0.3, -0.25) is 14.4 Å². The van der Waals surface area contributed by atoms with Crippen molar-refractivity contribution < 1.29 is 14.4 Å². The molecule has 0 aliphatic rings. The summed E-state index contributed by atoms with van der Waals surface area (Å²) in [5.41, 5.74) is 24.6. The van der Waals surface area contributed by atoms with Crippen LogP contribution in [0.3, 0.4) is 0 Å². The lowest BCUT2D eigenvalue weighted by molar-refractivity contribution is 0.0968. The Labute approximate surface area is 209 Å². The molecular formula is C30H27N3O3. The summed E-state index contributed by atoms with van der Waals surface area (Å²) in [6.07, 6.45) is 0. The van der Waals surface area contributed by atoms with Gasteiger partial charge in [-0.15, -0.1) is 0 Å². The van der Waals surface area contributed by atoms with Crippen LogP contribution in [0.25, 0.3) is 33.4 Å². The molecule has 0 unspecified atom stereocenters. The maximum Gasteiger partial charge on any atom is 0.161 e. The van der Waals surface area contributed by atoms with Crippen molar-refractivity contribution in [2.75, 3.05) is 17.2 Å². The second-order valence-electron chi connectivity index (χ2n) is 8.68. The molecular weight excluding hydrogens is 450 g/mol. The fourth-order valence-electron chi connectivity index (χ4n) is 4.72. The first-order valence-corrected chi connectivity index (χ1v) is 11.5. The lowest BCUT2D eigenvalue weighted by Gasteiger charge is -2.24. The average Bonchev–Trinajstić information content (AvgIpc) is 2.87. The van der Waals surface area contributed by atoms with Crippen molar-refractivity contribution in [2.24, 2.45) is 0 Å². The summed E-state index contributed by atoms with van der Waals surface area (Å²) in [6.45, 7) is 4.07. The van der Waals surface area contributed by atoms with E-state index in [1.807, 2.05) is 60.7 Å². The quantitative estimate of drug-likeness (QED) is 0.229. The number of ketones is 3. The van der Waals surface area contributed by atoms with E-state index >= 15 is 0 Å². The van der Waals surface area contributed by atoms with Crippen LogP contribution in [0, 0.1) is 0 Å². The molecule has 4 aromatic rings. The van der Waals surface area contributed by atoms with E-state index in [1.165, 1.54) is 20.8 Å². The normalized spacial score (nSPS) is 10.8. The third-order valence-corrected chi connectivity index (χ3v) is 6.30. The molecule has 180 valence electrons. The van der Waals surface area contributed by atoms with Gasteiger partial charge >= 0.3 is 0 Å². The smallest absolute Gasteiger partial charge is 0.161 e. The monoisotopic (exact) mass is 477 g/mol. The van der Waals surface area contributed by atoms with E-state index < -0.39 is 5.78 Å². The molecule has 6 nitrogen and oxygen atoms in total. The molecule has 0 heterocycles. The molecule has 0 saturated heterocycles. The summed E-state index contributed by atoms with van der Waals surface area (Å²) in [6, 6.07) is 22.3. The van der Waals surface area contributed by atoms with Crippen LogP contribution in [-0.2, 0) is 0 Å². The van der Waals surface area contributed by atoms with Crippen LogP contribution >= 0.6 is 0 Å². The summed E-state index contributed by atoms with van der Waals surface area (Å²) < 4.78 is 0. The van der Waals surface area contributed by atoms with Crippen LogP contribution in [0.1, 0.15) is 51.8 Å². The molecule has 6 heteroatoms. The van der Waals surface area contributed by atoms with Crippen molar-refractivity contribution in [3.63, 3.8) is 0 Å². The molecule has 36 heavy (non-hydrogen) atoms. The Hall–Kier alpha value is -4.71. The van der Waals surface area contributed by atoms with Crippen molar-refractivity contribution in [1.82, 2.24) is 0 Å². The zero-order chi connectivity index (χ0) is 26.1. The fraction of sp³-hybridized carbons (Fsp3) is 0.100. The van der Waals surface area contributed by atoms with Gasteiger partial charge in [-0.25, -0.2) is 0 Å². The number of carbonyl (C=O) groups is 3. The van der Waals surface area contributed by atoms with E-state index in [-0.39, 0.29) is 39.6 Å². The Balaban J connectivity index is 2.28. The zero-order valence-corrected chi connectivity index (χ0v) is 20.4. The molecule has 0 fully saturated rings. The predicted octanol–water partition coefficient (Wildman–Crippen LogP) is 6.04. The van der Waals surface area contributed by atoms with Gasteiger partial charge in [0.2, 0.25) is 0 Å². The Bertz CT molecular complexity index is 1530. The van der Waals surface area contributed by atoms with Gasteiger partial charge in [0.25, 0.3) is 0 Å². The maximum atomic E-state index is 13.0. The van der Waals surface area contributed by atoms with Crippen LogP contribution < -0.4 is 17.2 Å². The van der Waals surface area contributed by atoms with Gasteiger partial charge in [0.05, 0.1) is 17.1 Å². The molecule has 0 amide bonds. The third-order valence-electron chi connectivity index (χ3n) is 6.30. The minimum atomic E-state index is -0.390. The van der Waals surface area contributed by atoms with Crippen LogP contribution in [0.15, 0.2) is 72.8 Å². The Morgan fingerprint density at radius 1 is 0.500 bits per heavy atom. The van der Waals surface area contributed by atoms with Crippen molar-refractivity contribution in [3.8, 4) is 33.4 Å². The number of nitrogen functional groups attached to an aromatic ring is 3. The van der Waals surface area contributed by atoms with Gasteiger partial charge in [-0.2, -0.15) is 0 Å². The van der Waals surface area contributed by atoms with Crippen molar-refractivity contribution in [1.29, 1.82) is 0 Å². The van der Waals surface area contributed by atoms with Crippen molar-refractivity contribution in [3.05, 3.63) is 89.5 Å². The second-order valence-corrected chi connectivity index (χ2v) is 8.68. The number of Topliss-reactive ketones (excluding diaryl/α,β-unsaturated/α-hetero) is 3. The highest BCUT2D eigenvalue weighted by molar-refractivity contribution is 6.20. The van der Waals surface area contributed by atoms with Gasteiger partial charge < -0.3 is 17.2 Å². The van der Waals surface area contributed by atoms with Gasteiger partial charge in [-0.05, 0) is 37.5 Å². The maximum absolute atomic E-state index is 13.0. The zero-order valence-electron chi connectivity index (χ0n) is 20.4. The predicted molar refractivity (Wildman–Crippen MR) is 146 cm³/mol. The summed E-state index contributed by atoms with van der Waals surface area (Å²) in [4.78, 5) is 38.2. The molecule has 0 aromatic heterocycles. The summed E-state index contributed by atoms with van der Waals surface area (Å²) in [7, 11) is 0. The van der Waals surface area contributed by atoms with E-state index in [9.17, 15) is 14.4 Å². The number of benzene rings is 4. The summed E-state index contributed by atoms with van der Waals surface area (Å²) in [5.74, 6) is -1.07. The number of carbonyl (C=O) groups excluding carboxylic acids is 3. The minimum absolute atomic E-state index is 0.0718. The number of hydrogen-bond donors (Lipinski definition) is 3. The first kappa shape index (κ1) is 24.4. The van der Waals surface area contributed by atoms with Crippen LogP contribution in [0.2, 0.25) is 0 Å². The summed E-state index contributed by atoms with van der Waals surface area (Å²) >= 11 is 0. The molecule has 0 bridgehead atoms. The van der Waals surface area contributed by atoms with Gasteiger partial charge in [0.1, 0.15) is 0 Å². The van der Waals surface area contributed by atoms with E-state index in [2.05, 4.69) is 0 Å². The first-order chi connectivity index (χ1) is 17.1. The lowest BCUT2D eigenvalue weighted by Crippen LogP contribution is -2.14. The molecule has 6 N–H and O–H groups in total. The molecule has 0 saturated carbocycles. The average molecular weight is 478 g/mol. The number of hydrogen-bond acceptors (Lipinski definition) is 6. The van der Waals surface area contributed by atoms with E-state index in [0.717, 1.165) is 11.1 Å². The van der Waals surface area contributed by atoms with Gasteiger partial charge in [0, 0.05) is 33.4 Å². The summed E-state index contributed by atoms with van der Waals surface area (Å²) in [5, 5.41) is 0. The second kappa shape index (κ2) is 9.50. The number of nitrogens with two attached hydrogens (primary N) is 3. The standard InChI is InChI=1S/C30H27N3O3/c1-16(34)21-14-15-22(24(18(3)36)23(21)17(2)35)27-25(19-10-6-4-7-11-19)26(20-12-8-5-9-13-20)28(31)30(33)29(27)32/h4-15H,31-33H2,1-3H3. The molecule has 0 spiro atoms. The van der Waals surface area contributed by atoms with Gasteiger partial charge in [0.15, 0.2) is 17.3 Å². The SMILES string of the molecule is CC(=O)c1ccc(-c2c(N)c(N)c(N)c(-c3ccccc3)c2-c2ccccc2)c(C(C)=O)c1C(C)=O. The minimum Gasteiger partial charge on any atom is -0.396 e. The highest BCUT2D eigenvalue weighted by atomic mass is 16.1. The van der Waals surface area contributed by atoms with Gasteiger partial charge in [-0.1, -0.05) is 72.8 Å². The lowest BCUT2D eigenvalue weighted by atomic mass is 9.80. The van der Waals surface area contributed by atoms with Crippen molar-refractivity contribution in [2.45, 2.75) is 20.8 Å². The topological polar surface area (TPSA) is 129 Å². The Morgan fingerprint density at radius 2 is 0.972 bits per heavy atom. The molecule has 0 radical (unpaired) electrons. The molecule has 4 rings (SSSR count). The Morgan fingerprint density at radius 3 is 1.44 bits per heavy atom. The van der Waals surface area contributed by atoms with E-state index in [4.69, 9.17) is 17.2 Å². The van der Waals surface area contributed by atoms with Crippen LogP contribution in [0.5, 0.6) is 0 Å². The number of anilines is 3. The molecule has 0 aliphatic heterocycles. The molecule has 0 aliphatic carbocycles. The third kappa shape index (κ3) is 4.03. The van der Waals surface area contributed by atoms with Crippen LogP contribution in [-0.4, -0.2) is 17.3 Å².